The molecule has 8 heteroatoms. The first kappa shape index (κ1) is 17.3. The average Bonchev–Trinajstić information content (AvgIpc) is 3.07. The number of aromatic nitrogens is 1. The van der Waals surface area contributed by atoms with Crippen molar-refractivity contribution in [2.45, 2.75) is 19.4 Å². The molecule has 0 spiro atoms. The average molecular weight is 334 g/mol. The second-order valence-corrected chi connectivity index (χ2v) is 4.91. The van der Waals surface area contributed by atoms with Gasteiger partial charge >= 0.3 is 5.97 Å². The molecule has 1 aromatic carbocycles. The van der Waals surface area contributed by atoms with Crippen molar-refractivity contribution in [2.24, 2.45) is 0 Å². The van der Waals surface area contributed by atoms with E-state index < -0.39 is 5.97 Å². The third-order valence-electron chi connectivity index (χ3n) is 3.10. The molecule has 0 aliphatic carbocycles. The van der Waals surface area contributed by atoms with Gasteiger partial charge in [0.15, 0.2) is 0 Å². The summed E-state index contributed by atoms with van der Waals surface area (Å²) in [6, 6.07) is 8.56. The van der Waals surface area contributed by atoms with Crippen molar-refractivity contribution in [3.8, 4) is 11.6 Å². The van der Waals surface area contributed by atoms with Gasteiger partial charge in [-0.1, -0.05) is 12.1 Å². The summed E-state index contributed by atoms with van der Waals surface area (Å²) in [5.41, 5.74) is 0.882. The molecule has 0 fully saturated rings. The second-order valence-electron chi connectivity index (χ2n) is 4.91. The molecule has 2 aromatic rings. The summed E-state index contributed by atoms with van der Waals surface area (Å²) in [6.07, 6.45) is 0.532. The van der Waals surface area contributed by atoms with Crippen LogP contribution in [-0.2, 0) is 11.3 Å². The van der Waals surface area contributed by atoms with Crippen molar-refractivity contribution in [3.63, 3.8) is 0 Å². The Bertz CT molecular complexity index is 680. The van der Waals surface area contributed by atoms with E-state index >= 15 is 0 Å². The van der Waals surface area contributed by atoms with Gasteiger partial charge in [0.2, 0.25) is 5.76 Å². The number of carboxylic acids is 1. The van der Waals surface area contributed by atoms with Gasteiger partial charge in [-0.25, -0.2) is 0 Å². The summed E-state index contributed by atoms with van der Waals surface area (Å²) in [5.74, 6) is -0.265. The minimum Gasteiger partial charge on any atom is -0.494 e. The Morgan fingerprint density at radius 1 is 1.29 bits per heavy atom. The Kier molecular flexibility index (Phi) is 6.18. The third-order valence-corrected chi connectivity index (χ3v) is 3.10. The third kappa shape index (κ3) is 5.31. The maximum atomic E-state index is 11.9. The van der Waals surface area contributed by atoms with Crippen molar-refractivity contribution in [1.82, 2.24) is 10.5 Å². The smallest absolute Gasteiger partial charge is 0.303 e. The van der Waals surface area contributed by atoms with Crippen LogP contribution in [0.1, 0.15) is 29.0 Å². The number of benzene rings is 1. The fraction of sp³-hybridized carbons (Fsp3) is 0.312. The highest BCUT2D eigenvalue weighted by molar-refractivity contribution is 5.91. The lowest BCUT2D eigenvalue weighted by Crippen LogP contribution is -2.22. The van der Waals surface area contributed by atoms with Crippen LogP contribution < -0.4 is 14.8 Å². The number of rotatable bonds is 9. The van der Waals surface area contributed by atoms with Gasteiger partial charge < -0.3 is 24.4 Å². The van der Waals surface area contributed by atoms with Crippen molar-refractivity contribution >= 4 is 11.9 Å². The number of hydrogen-bond acceptors (Lipinski definition) is 6. The van der Waals surface area contributed by atoms with Crippen LogP contribution >= 0.6 is 0 Å². The van der Waals surface area contributed by atoms with E-state index in [4.69, 9.17) is 19.1 Å². The fourth-order valence-corrected chi connectivity index (χ4v) is 1.85. The molecular formula is C16H18N2O6. The molecular weight excluding hydrogens is 316 g/mol. The van der Waals surface area contributed by atoms with Crippen LogP contribution in [0.5, 0.6) is 11.6 Å². The standard InChI is InChI=1S/C16H18N2O6/c1-22-14-9-13(24-18-14)16(21)17-10-11-4-6-12(7-5-11)23-8-2-3-15(19)20/h4-7,9H,2-3,8,10H2,1H3,(H,17,21)(H,19,20). The summed E-state index contributed by atoms with van der Waals surface area (Å²) in [4.78, 5) is 22.3. The zero-order valence-corrected chi connectivity index (χ0v) is 13.2. The number of amides is 1. The lowest BCUT2D eigenvalue weighted by Gasteiger charge is -2.07. The molecule has 128 valence electrons. The largest absolute Gasteiger partial charge is 0.494 e. The van der Waals surface area contributed by atoms with Crippen molar-refractivity contribution < 1.29 is 28.7 Å². The minimum absolute atomic E-state index is 0.0743. The molecule has 0 aliphatic heterocycles. The lowest BCUT2D eigenvalue weighted by atomic mass is 10.2. The predicted molar refractivity (Wildman–Crippen MR) is 83.0 cm³/mol. The Labute approximate surface area is 138 Å². The van der Waals surface area contributed by atoms with E-state index in [9.17, 15) is 9.59 Å². The number of carbonyl (C=O) groups excluding carboxylic acids is 1. The maximum Gasteiger partial charge on any atom is 0.303 e. The fourth-order valence-electron chi connectivity index (χ4n) is 1.85. The van der Waals surface area contributed by atoms with Crippen LogP contribution in [0.4, 0.5) is 0 Å². The molecule has 0 aliphatic rings. The van der Waals surface area contributed by atoms with Crippen molar-refractivity contribution in [2.75, 3.05) is 13.7 Å². The Morgan fingerprint density at radius 2 is 2.04 bits per heavy atom. The summed E-state index contributed by atoms with van der Waals surface area (Å²) >= 11 is 0. The molecule has 1 heterocycles. The van der Waals surface area contributed by atoms with Crippen LogP contribution in [0.15, 0.2) is 34.9 Å². The van der Waals surface area contributed by atoms with E-state index in [0.29, 0.717) is 25.3 Å². The van der Waals surface area contributed by atoms with Crippen molar-refractivity contribution in [3.05, 3.63) is 41.7 Å². The van der Waals surface area contributed by atoms with Gasteiger partial charge in [0, 0.05) is 13.0 Å². The highest BCUT2D eigenvalue weighted by atomic mass is 16.5. The van der Waals surface area contributed by atoms with Gasteiger partial charge in [0.25, 0.3) is 11.8 Å². The van der Waals surface area contributed by atoms with Gasteiger partial charge in [0.1, 0.15) is 5.75 Å². The van der Waals surface area contributed by atoms with E-state index in [1.165, 1.54) is 13.2 Å². The summed E-state index contributed by atoms with van der Waals surface area (Å²) < 4.78 is 15.1. The number of carboxylic acid groups (broad SMARTS) is 1. The zero-order valence-electron chi connectivity index (χ0n) is 13.2. The molecule has 8 nitrogen and oxygen atoms in total. The Hall–Kier alpha value is -3.03. The molecule has 0 unspecified atom stereocenters. The molecule has 2 N–H and O–H groups in total. The van der Waals surface area contributed by atoms with Gasteiger partial charge in [-0.2, -0.15) is 0 Å². The first-order valence-electron chi connectivity index (χ1n) is 7.31. The lowest BCUT2D eigenvalue weighted by molar-refractivity contribution is -0.137. The maximum absolute atomic E-state index is 11.9. The normalized spacial score (nSPS) is 10.2. The molecule has 0 radical (unpaired) electrons. The van der Waals surface area contributed by atoms with Crippen LogP contribution in [0.25, 0.3) is 0 Å². The highest BCUT2D eigenvalue weighted by Gasteiger charge is 2.12. The number of methoxy groups -OCH3 is 1. The molecule has 2 rings (SSSR count). The highest BCUT2D eigenvalue weighted by Crippen LogP contribution is 2.13. The van der Waals surface area contributed by atoms with Crippen LogP contribution in [0.2, 0.25) is 0 Å². The van der Waals surface area contributed by atoms with Gasteiger partial charge in [-0.15, -0.1) is 0 Å². The van der Waals surface area contributed by atoms with E-state index in [1.807, 2.05) is 12.1 Å². The van der Waals surface area contributed by atoms with Gasteiger partial charge in [0.05, 0.1) is 19.8 Å². The first-order chi connectivity index (χ1) is 11.6. The van der Waals surface area contributed by atoms with Gasteiger partial charge in [-0.05, 0) is 29.3 Å². The van der Waals surface area contributed by atoms with Crippen molar-refractivity contribution in [1.29, 1.82) is 0 Å². The molecule has 1 amide bonds. The molecule has 0 bridgehead atoms. The molecule has 0 saturated carbocycles. The van der Waals surface area contributed by atoms with E-state index in [1.54, 1.807) is 12.1 Å². The summed E-state index contributed by atoms with van der Waals surface area (Å²) in [7, 11) is 1.44. The molecule has 0 atom stereocenters. The topological polar surface area (TPSA) is 111 Å². The molecule has 1 aromatic heterocycles. The first-order valence-corrected chi connectivity index (χ1v) is 7.31. The molecule has 0 saturated heterocycles. The van der Waals surface area contributed by atoms with Crippen LogP contribution in [-0.4, -0.2) is 35.9 Å². The number of carbonyl (C=O) groups is 2. The summed E-state index contributed by atoms with van der Waals surface area (Å²) in [6.45, 7) is 0.664. The van der Waals surface area contributed by atoms with E-state index in [-0.39, 0.29) is 24.0 Å². The number of hydrogen-bond donors (Lipinski definition) is 2. The Balaban J connectivity index is 1.77. The number of aliphatic carboxylic acids is 1. The van der Waals surface area contributed by atoms with E-state index in [2.05, 4.69) is 10.5 Å². The predicted octanol–water partition coefficient (Wildman–Crippen LogP) is 1.86. The molecule has 24 heavy (non-hydrogen) atoms. The zero-order chi connectivity index (χ0) is 17.4. The SMILES string of the molecule is COc1cc(C(=O)NCc2ccc(OCCCC(=O)O)cc2)on1. The van der Waals surface area contributed by atoms with Crippen LogP contribution in [0.3, 0.4) is 0 Å². The number of nitrogens with zero attached hydrogens (tertiary/aromatic N) is 1. The quantitative estimate of drug-likeness (QED) is 0.673. The second kappa shape index (κ2) is 8.56. The minimum atomic E-state index is -0.839. The van der Waals surface area contributed by atoms with Crippen LogP contribution in [0, 0.1) is 0 Å². The summed E-state index contributed by atoms with van der Waals surface area (Å²) in [5, 5.41) is 14.8. The van der Waals surface area contributed by atoms with E-state index in [0.717, 1.165) is 5.56 Å². The number of ether oxygens (including phenoxy) is 2. The van der Waals surface area contributed by atoms with Gasteiger partial charge in [-0.3, -0.25) is 9.59 Å². The number of nitrogens with one attached hydrogen (secondary N) is 1. The monoisotopic (exact) mass is 334 g/mol. The Morgan fingerprint density at radius 3 is 2.67 bits per heavy atom.